The van der Waals surface area contributed by atoms with Gasteiger partial charge in [-0.25, -0.2) is 4.79 Å². The number of nitrogens with one attached hydrogen (secondary N) is 2. The van der Waals surface area contributed by atoms with Crippen LogP contribution in [-0.4, -0.2) is 34.9 Å². The third kappa shape index (κ3) is 2.48. The first kappa shape index (κ1) is 14.9. The van der Waals surface area contributed by atoms with E-state index in [0.717, 1.165) is 19.4 Å². The lowest BCUT2D eigenvalue weighted by molar-refractivity contribution is -0.110. The maximum Gasteiger partial charge on any atom is 0.419 e. The molecule has 2 aromatic rings. The zero-order chi connectivity index (χ0) is 16.7. The van der Waals surface area contributed by atoms with Gasteiger partial charge in [0.1, 0.15) is 5.71 Å². The maximum absolute atomic E-state index is 12.4. The number of carbonyl (C=O) groups is 1. The second-order valence-corrected chi connectivity index (χ2v) is 6.33. The van der Waals surface area contributed by atoms with Gasteiger partial charge in [-0.3, -0.25) is 9.36 Å². The highest BCUT2D eigenvalue weighted by Crippen LogP contribution is 2.30. The highest BCUT2D eigenvalue weighted by Gasteiger charge is 2.42. The van der Waals surface area contributed by atoms with Crippen LogP contribution in [0, 0.1) is 0 Å². The van der Waals surface area contributed by atoms with Gasteiger partial charge in [0.2, 0.25) is 0 Å². The van der Waals surface area contributed by atoms with Crippen LogP contribution in [0.4, 0.5) is 5.69 Å². The molecular formula is C16H18N4O4. The number of rotatable bonds is 2. The lowest BCUT2D eigenvalue weighted by Gasteiger charge is -2.30. The summed E-state index contributed by atoms with van der Waals surface area (Å²) in [5.74, 6) is -0.733. The Morgan fingerprint density at radius 2 is 2.33 bits per heavy atom. The number of benzene rings is 1. The minimum absolute atomic E-state index is 0.296. The highest BCUT2D eigenvalue weighted by molar-refractivity contribution is 6.43. The molecule has 0 radical (unpaired) electrons. The van der Waals surface area contributed by atoms with E-state index in [9.17, 15) is 9.59 Å². The third-order valence-corrected chi connectivity index (χ3v) is 4.58. The summed E-state index contributed by atoms with van der Waals surface area (Å²) < 4.78 is 6.54. The van der Waals surface area contributed by atoms with Gasteiger partial charge in [0.05, 0.1) is 5.52 Å². The van der Waals surface area contributed by atoms with Gasteiger partial charge in [0.25, 0.3) is 5.91 Å². The predicted molar refractivity (Wildman–Crippen MR) is 88.1 cm³/mol. The lowest BCUT2D eigenvalue weighted by atomic mass is 9.89. The van der Waals surface area contributed by atoms with E-state index in [1.54, 1.807) is 25.2 Å². The van der Waals surface area contributed by atoms with Crippen LogP contribution in [0.2, 0.25) is 0 Å². The number of nitrogens with zero attached hydrogens (tertiary/aromatic N) is 2. The van der Waals surface area contributed by atoms with E-state index in [1.807, 2.05) is 0 Å². The van der Waals surface area contributed by atoms with Crippen LogP contribution in [0.15, 0.2) is 32.6 Å². The summed E-state index contributed by atoms with van der Waals surface area (Å²) in [6.07, 6.45) is 2.39. The van der Waals surface area contributed by atoms with Crippen LogP contribution in [0.3, 0.4) is 0 Å². The van der Waals surface area contributed by atoms with Gasteiger partial charge in [-0.2, -0.15) is 0 Å². The highest BCUT2D eigenvalue weighted by atomic mass is 16.7. The Kier molecular flexibility index (Phi) is 3.42. The van der Waals surface area contributed by atoms with Gasteiger partial charge >= 0.3 is 5.76 Å². The maximum atomic E-state index is 12.4. The van der Waals surface area contributed by atoms with E-state index in [2.05, 4.69) is 15.8 Å². The summed E-state index contributed by atoms with van der Waals surface area (Å²) in [6, 6.07) is 5.09. The first-order valence-corrected chi connectivity index (χ1v) is 7.93. The summed E-state index contributed by atoms with van der Waals surface area (Å²) in [7, 11) is 1.63. The van der Waals surface area contributed by atoms with Crippen molar-refractivity contribution in [3.63, 3.8) is 0 Å². The zero-order valence-electron chi connectivity index (χ0n) is 13.3. The van der Waals surface area contributed by atoms with Gasteiger partial charge in [-0.05, 0) is 31.5 Å². The molecule has 1 saturated heterocycles. The van der Waals surface area contributed by atoms with Gasteiger partial charge < -0.3 is 19.9 Å². The van der Waals surface area contributed by atoms with Crippen LogP contribution in [0.5, 0.6) is 0 Å². The van der Waals surface area contributed by atoms with Crippen molar-refractivity contribution in [2.45, 2.75) is 24.9 Å². The molecule has 1 aromatic carbocycles. The number of oxazole rings is 1. The van der Waals surface area contributed by atoms with E-state index < -0.39 is 5.76 Å². The Labute approximate surface area is 137 Å². The van der Waals surface area contributed by atoms with Crippen LogP contribution < -0.4 is 16.4 Å². The Hall–Kier alpha value is -2.61. The number of hydrogen-bond donors (Lipinski definition) is 2. The number of hydrogen-bond acceptors (Lipinski definition) is 6. The molecule has 1 spiro atoms. The van der Waals surface area contributed by atoms with Gasteiger partial charge in [-0.15, -0.1) is 0 Å². The van der Waals surface area contributed by atoms with Gasteiger partial charge in [0.15, 0.2) is 11.2 Å². The molecule has 1 atom stereocenters. The first-order valence-electron chi connectivity index (χ1n) is 7.93. The fourth-order valence-electron chi connectivity index (χ4n) is 3.23. The number of oxime groups is 1. The summed E-state index contributed by atoms with van der Waals surface area (Å²) in [6.45, 7) is 1.67. The average Bonchev–Trinajstić information content (AvgIpc) is 3.10. The number of aromatic nitrogens is 1. The number of carbonyl (C=O) groups excluding carboxylic acids is 1. The van der Waals surface area contributed by atoms with Crippen molar-refractivity contribution in [3.8, 4) is 0 Å². The molecule has 1 fully saturated rings. The zero-order valence-corrected chi connectivity index (χ0v) is 13.3. The largest absolute Gasteiger partial charge is 0.419 e. The average molecular weight is 330 g/mol. The number of piperidine rings is 1. The summed E-state index contributed by atoms with van der Waals surface area (Å²) in [5, 5.41) is 10.0. The second-order valence-electron chi connectivity index (χ2n) is 6.33. The minimum atomic E-state index is -0.436. The van der Waals surface area contributed by atoms with Crippen LogP contribution in [0.1, 0.15) is 19.3 Å². The van der Waals surface area contributed by atoms with E-state index in [0.29, 0.717) is 35.5 Å². The van der Waals surface area contributed by atoms with E-state index >= 15 is 0 Å². The summed E-state index contributed by atoms with van der Waals surface area (Å²) in [5.41, 5.74) is 1.64. The standard InChI is InChI=1S/C16H18N4O4/c1-20-12-4-3-10(7-13(12)23-15(20)22)18-14(21)11-8-16(24-19-11)5-2-6-17-9-16/h3-4,7,17H,2,5-6,8-9H2,1H3,(H,18,21). The van der Waals surface area contributed by atoms with Crippen molar-refractivity contribution >= 4 is 28.4 Å². The van der Waals surface area contributed by atoms with Crippen molar-refractivity contribution in [1.82, 2.24) is 9.88 Å². The molecule has 2 aliphatic heterocycles. The summed E-state index contributed by atoms with van der Waals surface area (Å²) in [4.78, 5) is 29.5. The Morgan fingerprint density at radius 1 is 1.46 bits per heavy atom. The Morgan fingerprint density at radius 3 is 3.12 bits per heavy atom. The molecule has 0 aliphatic carbocycles. The number of aryl methyl sites for hydroxylation is 1. The van der Waals surface area contributed by atoms with Crippen molar-refractivity contribution in [3.05, 3.63) is 28.7 Å². The molecule has 126 valence electrons. The fourth-order valence-corrected chi connectivity index (χ4v) is 3.23. The van der Waals surface area contributed by atoms with Crippen molar-refractivity contribution in [1.29, 1.82) is 0 Å². The Balaban J connectivity index is 1.49. The molecule has 3 heterocycles. The van der Waals surface area contributed by atoms with Crippen molar-refractivity contribution < 1.29 is 14.0 Å². The quantitative estimate of drug-likeness (QED) is 0.855. The Bertz CT molecular complexity index is 889. The number of anilines is 1. The molecule has 8 heteroatoms. The predicted octanol–water partition coefficient (Wildman–Crippen LogP) is 0.968. The number of fused-ring (bicyclic) bond motifs is 1. The molecular weight excluding hydrogens is 312 g/mol. The monoisotopic (exact) mass is 330 g/mol. The van der Waals surface area contributed by atoms with Crippen LogP contribution >= 0.6 is 0 Å². The molecule has 2 aliphatic rings. The molecule has 0 saturated carbocycles. The van der Waals surface area contributed by atoms with E-state index in [4.69, 9.17) is 9.25 Å². The molecule has 0 bridgehead atoms. The molecule has 1 unspecified atom stereocenters. The SMILES string of the molecule is Cn1c(=O)oc2cc(NC(=O)C3=NOC4(CCCNC4)C3)ccc21. The normalized spacial score (nSPS) is 23.3. The smallest absolute Gasteiger partial charge is 0.408 e. The summed E-state index contributed by atoms with van der Waals surface area (Å²) >= 11 is 0. The van der Waals surface area contributed by atoms with E-state index in [-0.39, 0.29) is 11.5 Å². The van der Waals surface area contributed by atoms with Crippen molar-refractivity contribution in [2.75, 3.05) is 18.4 Å². The van der Waals surface area contributed by atoms with Gasteiger partial charge in [-0.1, -0.05) is 5.16 Å². The molecule has 1 amide bonds. The molecule has 8 nitrogen and oxygen atoms in total. The minimum Gasteiger partial charge on any atom is -0.408 e. The van der Waals surface area contributed by atoms with Crippen LogP contribution in [0.25, 0.3) is 11.1 Å². The topological polar surface area (TPSA) is 97.9 Å². The van der Waals surface area contributed by atoms with Crippen LogP contribution in [-0.2, 0) is 16.7 Å². The number of amides is 1. The lowest BCUT2D eigenvalue weighted by Crippen LogP contribution is -2.46. The van der Waals surface area contributed by atoms with E-state index in [1.165, 1.54) is 4.57 Å². The third-order valence-electron chi connectivity index (χ3n) is 4.58. The molecule has 4 rings (SSSR count). The molecule has 1 aromatic heterocycles. The van der Waals surface area contributed by atoms with Gasteiger partial charge in [0, 0.05) is 31.8 Å². The fraction of sp³-hybridized carbons (Fsp3) is 0.438. The van der Waals surface area contributed by atoms with Crippen molar-refractivity contribution in [2.24, 2.45) is 12.2 Å². The molecule has 24 heavy (non-hydrogen) atoms. The molecule has 2 N–H and O–H groups in total. The first-order chi connectivity index (χ1) is 11.6. The second kappa shape index (κ2) is 5.48.